The molecule has 0 aliphatic carbocycles. The molecule has 2 heterocycles. The van der Waals surface area contributed by atoms with Gasteiger partial charge < -0.3 is 20.5 Å². The Morgan fingerprint density at radius 3 is 2.71 bits per heavy atom. The first-order valence-corrected chi connectivity index (χ1v) is 10.7. The van der Waals surface area contributed by atoms with Crippen LogP contribution in [0.25, 0.3) is 0 Å². The third kappa shape index (κ3) is 5.05. The van der Waals surface area contributed by atoms with Gasteiger partial charge in [-0.2, -0.15) is 0 Å². The summed E-state index contributed by atoms with van der Waals surface area (Å²) in [4.78, 5) is 19.3. The topological polar surface area (TPSA) is 113 Å². The molecule has 7 nitrogen and oxygen atoms in total. The van der Waals surface area contributed by atoms with Gasteiger partial charge in [0.15, 0.2) is 17.3 Å². The summed E-state index contributed by atoms with van der Waals surface area (Å²) in [5.74, 6) is 0.509. The van der Waals surface area contributed by atoms with E-state index in [2.05, 4.69) is 4.98 Å². The van der Waals surface area contributed by atoms with Gasteiger partial charge in [0.05, 0.1) is 13.2 Å². The standard InChI is InChI=1S/C24H32N4O3/c1-15-7-8-16-13-28(23(26)21(16)27-15)14-19(29)17-11-18(24(2,3)4)22(30)20(12-17)31-10-6-5-9-25/h7-8,11-12,26,30H,5-6,9-10,13-14,25H2,1-4H3. The summed E-state index contributed by atoms with van der Waals surface area (Å²) in [5, 5.41) is 19.2. The Labute approximate surface area is 183 Å². The first-order chi connectivity index (χ1) is 14.6. The van der Waals surface area contributed by atoms with Crippen LogP contribution in [0.4, 0.5) is 0 Å². The first kappa shape index (κ1) is 22.7. The number of Topliss-reactive ketones (excluding diaryl/α,β-unsaturated/α-hetero) is 1. The lowest BCUT2D eigenvalue weighted by Gasteiger charge is -2.24. The summed E-state index contributed by atoms with van der Waals surface area (Å²) in [6, 6.07) is 7.22. The van der Waals surface area contributed by atoms with E-state index < -0.39 is 0 Å². The van der Waals surface area contributed by atoms with Gasteiger partial charge in [0, 0.05) is 28.9 Å². The molecular weight excluding hydrogens is 392 g/mol. The quantitative estimate of drug-likeness (QED) is 0.441. The second kappa shape index (κ2) is 9.06. The average Bonchev–Trinajstić information content (AvgIpc) is 3.00. The minimum absolute atomic E-state index is 0.0647. The molecule has 0 saturated heterocycles. The van der Waals surface area contributed by atoms with Crippen molar-refractivity contribution in [1.29, 1.82) is 5.41 Å². The summed E-state index contributed by atoms with van der Waals surface area (Å²) in [6.45, 7) is 9.39. The van der Waals surface area contributed by atoms with Gasteiger partial charge in [-0.3, -0.25) is 10.2 Å². The number of aromatic nitrogens is 1. The summed E-state index contributed by atoms with van der Waals surface area (Å²) in [7, 11) is 0. The highest BCUT2D eigenvalue weighted by atomic mass is 16.5. The molecule has 1 aliphatic rings. The maximum Gasteiger partial charge on any atom is 0.182 e. The number of nitrogens with zero attached hydrogens (tertiary/aromatic N) is 2. The van der Waals surface area contributed by atoms with Gasteiger partial charge >= 0.3 is 0 Å². The van der Waals surface area contributed by atoms with Gasteiger partial charge in [-0.25, -0.2) is 4.98 Å². The molecule has 2 aromatic rings. The van der Waals surface area contributed by atoms with Crippen LogP contribution < -0.4 is 10.5 Å². The Hall–Kier alpha value is -2.93. The number of fused-ring (bicyclic) bond motifs is 1. The molecule has 1 aromatic carbocycles. The fraction of sp³-hybridized carbons (Fsp3) is 0.458. The maximum absolute atomic E-state index is 13.2. The van der Waals surface area contributed by atoms with E-state index in [-0.39, 0.29) is 29.3 Å². The highest BCUT2D eigenvalue weighted by Crippen LogP contribution is 2.39. The molecule has 1 aliphatic heterocycles. The van der Waals surface area contributed by atoms with Crippen LogP contribution in [0.3, 0.4) is 0 Å². The molecule has 0 bridgehead atoms. The molecule has 0 atom stereocenters. The molecule has 0 saturated carbocycles. The van der Waals surface area contributed by atoms with E-state index in [4.69, 9.17) is 15.9 Å². The number of phenols is 1. The summed E-state index contributed by atoms with van der Waals surface area (Å²) in [5.41, 5.74) is 8.73. The number of pyridine rings is 1. The molecule has 0 spiro atoms. The van der Waals surface area contributed by atoms with E-state index in [0.29, 0.717) is 42.3 Å². The van der Waals surface area contributed by atoms with E-state index in [0.717, 1.165) is 24.1 Å². The lowest BCUT2D eigenvalue weighted by molar-refractivity contribution is 0.0962. The number of carbonyl (C=O) groups excluding carboxylic acids is 1. The van der Waals surface area contributed by atoms with Gasteiger partial charge in [-0.15, -0.1) is 0 Å². The van der Waals surface area contributed by atoms with Crippen molar-refractivity contribution in [3.8, 4) is 11.5 Å². The fourth-order valence-corrected chi connectivity index (χ4v) is 3.63. The van der Waals surface area contributed by atoms with Crippen molar-refractivity contribution >= 4 is 11.6 Å². The number of unbranched alkanes of at least 4 members (excludes halogenated alkanes) is 1. The van der Waals surface area contributed by atoms with E-state index in [1.807, 2.05) is 39.8 Å². The molecule has 166 valence electrons. The van der Waals surface area contributed by atoms with Crippen LogP contribution in [0.15, 0.2) is 24.3 Å². The van der Waals surface area contributed by atoms with Crippen LogP contribution in [0.2, 0.25) is 0 Å². The minimum Gasteiger partial charge on any atom is -0.504 e. The number of aryl methyl sites for hydroxylation is 1. The molecule has 0 fully saturated rings. The largest absolute Gasteiger partial charge is 0.504 e. The lowest BCUT2D eigenvalue weighted by atomic mass is 9.84. The van der Waals surface area contributed by atoms with Gasteiger partial charge in [0.25, 0.3) is 0 Å². The zero-order valence-corrected chi connectivity index (χ0v) is 18.8. The number of phenolic OH excluding ortho intramolecular Hbond substituents is 1. The van der Waals surface area contributed by atoms with Gasteiger partial charge in [-0.05, 0) is 49.9 Å². The van der Waals surface area contributed by atoms with Gasteiger partial charge in [0.2, 0.25) is 0 Å². The summed E-state index contributed by atoms with van der Waals surface area (Å²) in [6.07, 6.45) is 1.60. The Morgan fingerprint density at radius 1 is 1.29 bits per heavy atom. The van der Waals surface area contributed by atoms with Gasteiger partial charge in [0.1, 0.15) is 11.5 Å². The zero-order valence-electron chi connectivity index (χ0n) is 18.8. The summed E-state index contributed by atoms with van der Waals surface area (Å²) >= 11 is 0. The van der Waals surface area contributed by atoms with Crippen molar-refractivity contribution in [2.45, 2.75) is 52.5 Å². The van der Waals surface area contributed by atoms with Crippen LogP contribution in [-0.4, -0.2) is 46.3 Å². The van der Waals surface area contributed by atoms with Crippen molar-refractivity contribution < 1.29 is 14.6 Å². The molecule has 7 heteroatoms. The molecule has 4 N–H and O–H groups in total. The Balaban J connectivity index is 1.84. The number of nitrogens with one attached hydrogen (secondary N) is 1. The number of ketones is 1. The Morgan fingerprint density at radius 2 is 2.03 bits per heavy atom. The number of nitrogens with two attached hydrogens (primary N) is 1. The van der Waals surface area contributed by atoms with Crippen molar-refractivity contribution in [3.05, 3.63) is 52.3 Å². The van der Waals surface area contributed by atoms with Crippen LogP contribution in [-0.2, 0) is 12.0 Å². The summed E-state index contributed by atoms with van der Waals surface area (Å²) < 4.78 is 5.80. The van der Waals surface area contributed by atoms with Crippen LogP contribution in [0, 0.1) is 12.3 Å². The Kier molecular flexibility index (Phi) is 6.65. The monoisotopic (exact) mass is 424 g/mol. The molecule has 1 aromatic heterocycles. The molecule has 0 amide bonds. The number of hydrogen-bond donors (Lipinski definition) is 3. The zero-order chi connectivity index (χ0) is 22.8. The lowest BCUT2D eigenvalue weighted by Crippen LogP contribution is -2.30. The molecule has 0 unspecified atom stereocenters. The molecule has 31 heavy (non-hydrogen) atoms. The number of amidine groups is 1. The predicted molar refractivity (Wildman–Crippen MR) is 121 cm³/mol. The average molecular weight is 425 g/mol. The maximum atomic E-state index is 13.2. The Bertz CT molecular complexity index is 995. The second-order valence-electron chi connectivity index (χ2n) is 9.05. The normalized spacial score (nSPS) is 13.5. The van der Waals surface area contributed by atoms with Gasteiger partial charge in [-0.1, -0.05) is 26.8 Å². The molecular formula is C24H32N4O3. The van der Waals surface area contributed by atoms with Crippen LogP contribution in [0.1, 0.15) is 66.5 Å². The number of ether oxygens (including phenoxy) is 1. The van der Waals surface area contributed by atoms with Crippen molar-refractivity contribution in [2.24, 2.45) is 5.73 Å². The van der Waals surface area contributed by atoms with Crippen molar-refractivity contribution in [1.82, 2.24) is 9.88 Å². The van der Waals surface area contributed by atoms with E-state index in [1.54, 1.807) is 17.0 Å². The van der Waals surface area contributed by atoms with E-state index in [9.17, 15) is 9.90 Å². The fourth-order valence-electron chi connectivity index (χ4n) is 3.63. The van der Waals surface area contributed by atoms with E-state index in [1.165, 1.54) is 0 Å². The van der Waals surface area contributed by atoms with Crippen molar-refractivity contribution in [3.63, 3.8) is 0 Å². The highest BCUT2D eigenvalue weighted by molar-refractivity contribution is 6.04. The molecule has 3 rings (SSSR count). The number of benzene rings is 1. The third-order valence-electron chi connectivity index (χ3n) is 5.42. The number of hydrogen-bond acceptors (Lipinski definition) is 6. The number of carbonyl (C=O) groups is 1. The SMILES string of the molecule is Cc1ccc2c(n1)C(=N)N(CC(=O)c1cc(OCCCCN)c(O)c(C(C)(C)C)c1)C2. The smallest absolute Gasteiger partial charge is 0.182 e. The van der Waals surface area contributed by atoms with Crippen LogP contribution in [0.5, 0.6) is 11.5 Å². The number of aromatic hydroxyl groups is 1. The number of rotatable bonds is 8. The third-order valence-corrected chi connectivity index (χ3v) is 5.42. The second-order valence-corrected chi connectivity index (χ2v) is 9.05. The molecule has 0 radical (unpaired) electrons. The highest BCUT2D eigenvalue weighted by Gasteiger charge is 2.29. The first-order valence-electron chi connectivity index (χ1n) is 10.7. The minimum atomic E-state index is -0.367. The van der Waals surface area contributed by atoms with E-state index >= 15 is 0 Å². The van der Waals surface area contributed by atoms with Crippen LogP contribution >= 0.6 is 0 Å². The predicted octanol–water partition coefficient (Wildman–Crippen LogP) is 3.53. The van der Waals surface area contributed by atoms with Crippen molar-refractivity contribution in [2.75, 3.05) is 19.7 Å².